The zero-order valence-electron chi connectivity index (χ0n) is 28.7. The van der Waals surface area contributed by atoms with Crippen molar-refractivity contribution in [1.29, 1.82) is 0 Å². The van der Waals surface area contributed by atoms with Crippen LogP contribution < -0.4 is 16.0 Å². The van der Waals surface area contributed by atoms with Crippen molar-refractivity contribution < 1.29 is 88.1 Å². The summed E-state index contributed by atoms with van der Waals surface area (Å²) >= 11 is 0. The molecule has 3 aliphatic rings. The molecule has 0 aromatic carbocycles. The number of ether oxygens (including phenoxy) is 7. The lowest BCUT2D eigenvalue weighted by Crippen LogP contribution is -2.65. The Kier molecular flexibility index (Phi) is 16.6. The maximum absolute atomic E-state index is 12.3. The highest BCUT2D eigenvalue weighted by Crippen LogP contribution is 2.32. The van der Waals surface area contributed by atoms with Gasteiger partial charge in [-0.05, 0) is 0 Å². The lowest BCUT2D eigenvalue weighted by atomic mass is 9.85. The summed E-state index contributed by atoms with van der Waals surface area (Å²) < 4.78 is 39.9. The maximum atomic E-state index is 12.3. The van der Waals surface area contributed by atoms with Crippen LogP contribution in [0.2, 0.25) is 0 Å². The van der Waals surface area contributed by atoms with E-state index in [1.54, 1.807) is 0 Å². The molecule has 294 valence electrons. The molecule has 51 heavy (non-hydrogen) atoms. The van der Waals surface area contributed by atoms with Crippen LogP contribution in [0.4, 0.5) is 4.79 Å². The monoisotopic (exact) mass is 741 g/mol. The second-order valence-corrected chi connectivity index (χ2v) is 12.7. The van der Waals surface area contributed by atoms with E-state index in [9.17, 15) is 54.9 Å². The maximum Gasteiger partial charge on any atom is 0.506 e. The van der Waals surface area contributed by atoms with Gasteiger partial charge < -0.3 is 84.9 Å². The Hall–Kier alpha value is -2.80. The van der Waals surface area contributed by atoms with Crippen molar-refractivity contribution in [3.8, 4) is 0 Å². The molecule has 0 aromatic heterocycles. The fraction of sp³-hybridized carbons (Fsp3) is 0.867. The van der Waals surface area contributed by atoms with Gasteiger partial charge in [0.15, 0.2) is 6.29 Å². The van der Waals surface area contributed by atoms with Crippen molar-refractivity contribution >= 4 is 23.9 Å². The Balaban J connectivity index is 1.75. The fourth-order valence-corrected chi connectivity index (χ4v) is 6.79. The molecule has 0 aliphatic carbocycles. The van der Waals surface area contributed by atoms with Crippen LogP contribution in [0.5, 0.6) is 0 Å². The van der Waals surface area contributed by atoms with E-state index in [2.05, 4.69) is 16.0 Å². The summed E-state index contributed by atoms with van der Waals surface area (Å²) in [6, 6.07) is -3.31. The number of carbonyl (C=O) groups is 4. The molecule has 3 amide bonds. The van der Waals surface area contributed by atoms with Crippen molar-refractivity contribution in [2.75, 3.05) is 53.4 Å². The van der Waals surface area contributed by atoms with Crippen LogP contribution in [0.1, 0.15) is 20.8 Å². The number of nitrogens with one attached hydrogen (secondary N) is 3. The third-order valence-electron chi connectivity index (χ3n) is 9.07. The normalized spacial score (nSPS) is 38.4. The lowest BCUT2D eigenvalue weighted by Gasteiger charge is -2.47. The third kappa shape index (κ3) is 11.1. The molecule has 21 nitrogen and oxygen atoms in total. The van der Waals surface area contributed by atoms with Crippen LogP contribution in [0.25, 0.3) is 0 Å². The number of amides is 3. The molecular formula is C30H51N3O18. The SMILES string of the molecule is CO[C@@H]1C(NC(C)=O)[C@H](COC[C@@H]2C(CO)O[C@@H](O)C(NC(C)=O)[C@H]2OC(=O)O)OC(CO)[C@H]1COC[C@@H]1OC(CO)[C@@H](O)[C@H](O)C1NC(C)=O. The van der Waals surface area contributed by atoms with Crippen molar-refractivity contribution in [3.05, 3.63) is 0 Å². The Morgan fingerprint density at radius 2 is 1.04 bits per heavy atom. The minimum Gasteiger partial charge on any atom is -0.450 e. The van der Waals surface area contributed by atoms with Gasteiger partial charge in [0, 0.05) is 33.8 Å². The van der Waals surface area contributed by atoms with E-state index in [-0.39, 0.29) is 26.4 Å². The molecule has 3 fully saturated rings. The Labute approximate surface area is 293 Å². The molecule has 3 heterocycles. The number of aliphatic hydroxyl groups is 6. The van der Waals surface area contributed by atoms with E-state index in [1.807, 2.05) is 0 Å². The van der Waals surface area contributed by atoms with Gasteiger partial charge in [0.1, 0.15) is 42.7 Å². The summed E-state index contributed by atoms with van der Waals surface area (Å²) in [5, 5.41) is 78.2. The van der Waals surface area contributed by atoms with E-state index in [4.69, 9.17) is 33.2 Å². The predicted molar refractivity (Wildman–Crippen MR) is 167 cm³/mol. The molecule has 0 bridgehead atoms. The van der Waals surface area contributed by atoms with E-state index in [0.717, 1.165) is 6.92 Å². The minimum atomic E-state index is -1.71. The van der Waals surface area contributed by atoms with E-state index >= 15 is 0 Å². The number of rotatable bonds is 16. The number of aliphatic hydroxyl groups excluding tert-OH is 6. The Bertz CT molecular complexity index is 1150. The van der Waals surface area contributed by atoms with Gasteiger partial charge in [0.05, 0.1) is 82.6 Å². The lowest BCUT2D eigenvalue weighted by molar-refractivity contribution is -0.249. The summed E-state index contributed by atoms with van der Waals surface area (Å²) in [4.78, 5) is 47.4. The first kappa shape index (κ1) is 42.6. The third-order valence-corrected chi connectivity index (χ3v) is 9.07. The van der Waals surface area contributed by atoms with Crippen molar-refractivity contribution in [2.45, 2.75) is 100 Å². The van der Waals surface area contributed by atoms with Gasteiger partial charge in [0.2, 0.25) is 17.7 Å². The van der Waals surface area contributed by atoms with Crippen LogP contribution in [0.15, 0.2) is 0 Å². The topological polar surface area (TPSA) is 311 Å². The average molecular weight is 742 g/mol. The highest BCUT2D eigenvalue weighted by atomic mass is 16.7. The molecule has 3 aliphatic heterocycles. The molecule has 10 N–H and O–H groups in total. The van der Waals surface area contributed by atoms with E-state index in [0.29, 0.717) is 0 Å². The first-order chi connectivity index (χ1) is 24.2. The molecule has 6 unspecified atom stereocenters. The Morgan fingerprint density at radius 1 is 0.588 bits per heavy atom. The summed E-state index contributed by atoms with van der Waals surface area (Å²) in [6.07, 6.45) is -13.9. The van der Waals surface area contributed by atoms with Crippen molar-refractivity contribution in [2.24, 2.45) is 11.8 Å². The van der Waals surface area contributed by atoms with Crippen LogP contribution in [-0.2, 0) is 47.5 Å². The van der Waals surface area contributed by atoms with Gasteiger partial charge in [-0.2, -0.15) is 0 Å². The number of carboxylic acid groups (broad SMARTS) is 1. The number of hydrogen-bond acceptors (Lipinski definition) is 17. The largest absolute Gasteiger partial charge is 0.506 e. The number of carbonyl (C=O) groups excluding carboxylic acids is 3. The Morgan fingerprint density at radius 3 is 1.53 bits per heavy atom. The van der Waals surface area contributed by atoms with Crippen LogP contribution in [-0.4, -0.2) is 192 Å². The van der Waals surface area contributed by atoms with Gasteiger partial charge in [-0.3, -0.25) is 14.4 Å². The first-order valence-corrected chi connectivity index (χ1v) is 16.4. The second kappa shape index (κ2) is 19.9. The van der Waals surface area contributed by atoms with Crippen molar-refractivity contribution in [3.63, 3.8) is 0 Å². The molecule has 15 atom stereocenters. The molecule has 3 rings (SSSR count). The highest BCUT2D eigenvalue weighted by Gasteiger charge is 2.50. The van der Waals surface area contributed by atoms with Crippen LogP contribution in [0.3, 0.4) is 0 Å². The second-order valence-electron chi connectivity index (χ2n) is 12.7. The summed E-state index contributed by atoms with van der Waals surface area (Å²) in [5.41, 5.74) is 0. The van der Waals surface area contributed by atoms with Gasteiger partial charge in [-0.25, -0.2) is 4.79 Å². The van der Waals surface area contributed by atoms with Gasteiger partial charge >= 0.3 is 6.16 Å². The summed E-state index contributed by atoms with van der Waals surface area (Å²) in [6.45, 7) is 0.825. The molecule has 0 spiro atoms. The van der Waals surface area contributed by atoms with Crippen molar-refractivity contribution in [1.82, 2.24) is 16.0 Å². The standard InChI is InChI=1S/C30H51N3O18/c1-12(37)31-22-20(49-19(7-36)25(40)26(22)41)10-46-8-15-17(5-34)48-21(23(27(15)45-4)32-13(2)38)11-47-9-16-18(6-35)50-29(42)24(33-14(3)39)28(16)51-30(43)44/h15-29,34-36,40-42H,5-11H2,1-4H3,(H,31,37)(H,32,38)(H,33,39)(H,43,44)/t15-,16-,17?,18?,19?,20+,21+,22?,23?,24?,25-,26-,27+,28+,29-/m1/s1. The van der Waals surface area contributed by atoms with E-state index in [1.165, 1.54) is 21.0 Å². The van der Waals surface area contributed by atoms with Crippen LogP contribution >= 0.6 is 0 Å². The number of hydrogen-bond donors (Lipinski definition) is 10. The van der Waals surface area contributed by atoms with Gasteiger partial charge in [0.25, 0.3) is 0 Å². The summed E-state index contributed by atoms with van der Waals surface area (Å²) in [7, 11) is 1.37. The smallest absolute Gasteiger partial charge is 0.450 e. The first-order valence-electron chi connectivity index (χ1n) is 16.4. The van der Waals surface area contributed by atoms with Gasteiger partial charge in [-0.1, -0.05) is 0 Å². The quantitative estimate of drug-likeness (QED) is 0.0661. The van der Waals surface area contributed by atoms with Gasteiger partial charge in [-0.15, -0.1) is 0 Å². The predicted octanol–water partition coefficient (Wildman–Crippen LogP) is -5.20. The zero-order chi connectivity index (χ0) is 38.0. The van der Waals surface area contributed by atoms with Crippen LogP contribution in [0, 0.1) is 11.8 Å². The minimum absolute atomic E-state index is 0.152. The molecular weight excluding hydrogens is 690 g/mol. The molecule has 21 heteroatoms. The highest BCUT2D eigenvalue weighted by molar-refractivity contribution is 5.74. The summed E-state index contributed by atoms with van der Waals surface area (Å²) in [5.74, 6) is -3.33. The molecule has 3 saturated heterocycles. The van der Waals surface area contributed by atoms with E-state index < -0.39 is 135 Å². The fourth-order valence-electron chi connectivity index (χ4n) is 6.79. The molecule has 0 saturated carbocycles. The average Bonchev–Trinajstić information content (AvgIpc) is 3.06. The number of methoxy groups -OCH3 is 1. The molecule has 0 aromatic rings. The zero-order valence-corrected chi connectivity index (χ0v) is 28.7. The molecule has 0 radical (unpaired) electrons.